The first-order valence-electron chi connectivity index (χ1n) is 8.27. The van der Waals surface area contributed by atoms with E-state index in [-0.39, 0.29) is 16.9 Å². The summed E-state index contributed by atoms with van der Waals surface area (Å²) in [4.78, 5) is 48.7. The van der Waals surface area contributed by atoms with Gasteiger partial charge in [-0.05, 0) is 31.5 Å². The standard InChI is InChI=1S/C19H19N3O5/c1-9-13(10(2)23)14(11-5-7-12(8-6-11)18(25)26)15-16(20-9)21(3)19(27)22(4)17(15)24/h5-8,14,20H,1-4H3,(H,25,26). The van der Waals surface area contributed by atoms with E-state index in [0.717, 1.165) is 4.57 Å². The monoisotopic (exact) mass is 369 g/mol. The smallest absolute Gasteiger partial charge is 0.335 e. The van der Waals surface area contributed by atoms with Gasteiger partial charge >= 0.3 is 11.7 Å². The van der Waals surface area contributed by atoms with E-state index in [1.807, 2.05) is 0 Å². The van der Waals surface area contributed by atoms with Crippen LogP contribution in [0.25, 0.3) is 0 Å². The highest BCUT2D eigenvalue weighted by Gasteiger charge is 2.35. The molecule has 0 amide bonds. The first-order chi connectivity index (χ1) is 12.6. The van der Waals surface area contributed by atoms with Crippen molar-refractivity contribution in [3.63, 3.8) is 0 Å². The quantitative estimate of drug-likeness (QED) is 0.841. The minimum Gasteiger partial charge on any atom is -0.478 e. The van der Waals surface area contributed by atoms with E-state index in [0.29, 0.717) is 22.7 Å². The number of carboxylic acid groups (broad SMARTS) is 1. The van der Waals surface area contributed by atoms with E-state index in [2.05, 4.69) is 5.32 Å². The summed E-state index contributed by atoms with van der Waals surface area (Å²) in [6.45, 7) is 3.12. The Labute approximate surface area is 154 Å². The Morgan fingerprint density at radius 2 is 1.67 bits per heavy atom. The van der Waals surface area contributed by atoms with Gasteiger partial charge in [-0.3, -0.25) is 18.7 Å². The van der Waals surface area contributed by atoms with Crippen molar-refractivity contribution in [3.8, 4) is 0 Å². The molecule has 1 aliphatic heterocycles. The van der Waals surface area contributed by atoms with Crippen molar-refractivity contribution < 1.29 is 14.7 Å². The summed E-state index contributed by atoms with van der Waals surface area (Å²) in [7, 11) is 2.93. The van der Waals surface area contributed by atoms with Crippen LogP contribution in [0.15, 0.2) is 45.1 Å². The third-order valence-electron chi connectivity index (χ3n) is 4.86. The highest BCUT2D eigenvalue weighted by molar-refractivity contribution is 5.98. The second-order valence-corrected chi connectivity index (χ2v) is 6.55. The van der Waals surface area contributed by atoms with Crippen molar-refractivity contribution in [1.82, 2.24) is 9.13 Å². The van der Waals surface area contributed by atoms with Crippen molar-refractivity contribution in [3.05, 3.63) is 73.1 Å². The second-order valence-electron chi connectivity index (χ2n) is 6.55. The van der Waals surface area contributed by atoms with Crippen LogP contribution < -0.4 is 16.6 Å². The molecule has 8 nitrogen and oxygen atoms in total. The molecule has 0 spiro atoms. The molecule has 0 radical (unpaired) electrons. The van der Waals surface area contributed by atoms with E-state index < -0.39 is 23.1 Å². The van der Waals surface area contributed by atoms with Gasteiger partial charge in [0.05, 0.1) is 11.1 Å². The predicted octanol–water partition coefficient (Wildman–Crippen LogP) is 1.20. The van der Waals surface area contributed by atoms with E-state index >= 15 is 0 Å². The van der Waals surface area contributed by atoms with Gasteiger partial charge in [-0.25, -0.2) is 9.59 Å². The number of Topliss-reactive ketones (excluding diaryl/α,β-unsaturated/α-hetero) is 1. The van der Waals surface area contributed by atoms with Gasteiger partial charge in [0.15, 0.2) is 5.78 Å². The molecule has 3 rings (SSSR count). The van der Waals surface area contributed by atoms with Gasteiger partial charge in [-0.1, -0.05) is 12.1 Å². The minimum absolute atomic E-state index is 0.103. The van der Waals surface area contributed by atoms with Gasteiger partial charge in [0, 0.05) is 31.3 Å². The lowest BCUT2D eigenvalue weighted by Crippen LogP contribution is -2.43. The zero-order chi connectivity index (χ0) is 20.0. The molecule has 0 aliphatic carbocycles. The second kappa shape index (κ2) is 6.39. The molecular weight excluding hydrogens is 350 g/mol. The van der Waals surface area contributed by atoms with Crippen molar-refractivity contribution in [1.29, 1.82) is 0 Å². The minimum atomic E-state index is -1.07. The van der Waals surface area contributed by atoms with Gasteiger partial charge in [-0.2, -0.15) is 0 Å². The summed E-state index contributed by atoms with van der Waals surface area (Å²) < 4.78 is 2.33. The van der Waals surface area contributed by atoms with Gasteiger partial charge < -0.3 is 10.4 Å². The number of ketones is 1. The molecule has 1 unspecified atom stereocenters. The van der Waals surface area contributed by atoms with Crippen LogP contribution in [0.4, 0.5) is 5.82 Å². The Morgan fingerprint density at radius 1 is 1.07 bits per heavy atom. The van der Waals surface area contributed by atoms with Gasteiger partial charge in [-0.15, -0.1) is 0 Å². The third kappa shape index (κ3) is 2.79. The number of hydrogen-bond donors (Lipinski definition) is 2. The molecule has 140 valence electrons. The summed E-state index contributed by atoms with van der Waals surface area (Å²) >= 11 is 0. The van der Waals surface area contributed by atoms with Gasteiger partial charge in [0.25, 0.3) is 5.56 Å². The summed E-state index contributed by atoms with van der Waals surface area (Å²) in [6, 6.07) is 6.03. The SMILES string of the molecule is CC(=O)C1=C(C)Nc2c(c(=O)n(C)c(=O)n2C)C1c1ccc(C(=O)O)cc1. The number of carboxylic acids is 1. The molecule has 0 saturated heterocycles. The number of aromatic carboxylic acids is 1. The van der Waals surface area contributed by atoms with Crippen LogP contribution in [0.3, 0.4) is 0 Å². The third-order valence-corrected chi connectivity index (χ3v) is 4.86. The molecule has 2 heterocycles. The van der Waals surface area contributed by atoms with E-state index in [1.165, 1.54) is 30.7 Å². The van der Waals surface area contributed by atoms with Crippen molar-refractivity contribution in [2.45, 2.75) is 19.8 Å². The van der Waals surface area contributed by atoms with Gasteiger partial charge in [0.2, 0.25) is 0 Å². The molecular formula is C19H19N3O5. The van der Waals surface area contributed by atoms with Crippen molar-refractivity contribution in [2.24, 2.45) is 14.1 Å². The lowest BCUT2D eigenvalue weighted by atomic mass is 9.80. The maximum Gasteiger partial charge on any atom is 0.335 e. The number of fused-ring (bicyclic) bond motifs is 1. The summed E-state index contributed by atoms with van der Waals surface area (Å²) in [5, 5.41) is 12.1. The molecule has 0 bridgehead atoms. The molecule has 1 aromatic carbocycles. The topological polar surface area (TPSA) is 110 Å². The number of anilines is 1. The van der Waals surface area contributed by atoms with Crippen molar-refractivity contribution >= 4 is 17.6 Å². The summed E-state index contributed by atoms with van der Waals surface area (Å²) in [5.74, 6) is -1.65. The van der Waals surface area contributed by atoms with E-state index in [1.54, 1.807) is 26.1 Å². The Kier molecular flexibility index (Phi) is 4.35. The first kappa shape index (κ1) is 18.4. The fourth-order valence-electron chi connectivity index (χ4n) is 3.51. The first-order valence-corrected chi connectivity index (χ1v) is 8.27. The number of rotatable bonds is 3. The lowest BCUT2D eigenvalue weighted by Gasteiger charge is -2.30. The number of hydrogen-bond acceptors (Lipinski definition) is 5. The molecule has 1 atom stereocenters. The molecule has 0 saturated carbocycles. The number of carbonyl (C=O) groups excluding carboxylic acids is 1. The summed E-state index contributed by atoms with van der Waals surface area (Å²) in [5.41, 5.74) is 0.948. The largest absolute Gasteiger partial charge is 0.478 e. The Balaban J connectivity index is 2.37. The van der Waals surface area contributed by atoms with Crippen LogP contribution >= 0.6 is 0 Å². The van der Waals surface area contributed by atoms with Crippen molar-refractivity contribution in [2.75, 3.05) is 5.32 Å². The van der Waals surface area contributed by atoms with E-state index in [9.17, 15) is 19.2 Å². The Morgan fingerprint density at radius 3 is 2.19 bits per heavy atom. The molecule has 8 heteroatoms. The molecule has 1 aromatic heterocycles. The number of nitrogens with one attached hydrogen (secondary N) is 1. The number of allylic oxidation sites excluding steroid dienone is 2. The number of nitrogens with zero attached hydrogens (tertiary/aromatic N) is 2. The number of benzene rings is 1. The molecule has 1 aliphatic rings. The zero-order valence-corrected chi connectivity index (χ0v) is 15.4. The fraction of sp³-hybridized carbons (Fsp3) is 0.263. The molecule has 2 aromatic rings. The highest BCUT2D eigenvalue weighted by atomic mass is 16.4. The average molecular weight is 369 g/mol. The summed E-state index contributed by atoms with van der Waals surface area (Å²) in [6.07, 6.45) is 0. The normalized spacial score (nSPS) is 15.9. The molecule has 2 N–H and O–H groups in total. The van der Waals surface area contributed by atoms with Gasteiger partial charge in [0.1, 0.15) is 5.82 Å². The number of carbonyl (C=O) groups is 2. The molecule has 27 heavy (non-hydrogen) atoms. The van der Waals surface area contributed by atoms with E-state index in [4.69, 9.17) is 5.11 Å². The average Bonchev–Trinajstić information content (AvgIpc) is 2.63. The molecule has 0 fully saturated rings. The van der Waals surface area contributed by atoms with Crippen LogP contribution in [0, 0.1) is 0 Å². The predicted molar refractivity (Wildman–Crippen MR) is 99.2 cm³/mol. The highest BCUT2D eigenvalue weighted by Crippen LogP contribution is 2.39. The van der Waals surface area contributed by atoms with Crippen LogP contribution in [0.2, 0.25) is 0 Å². The zero-order valence-electron chi connectivity index (χ0n) is 15.4. The number of aromatic nitrogens is 2. The van der Waals surface area contributed by atoms with Crippen LogP contribution in [-0.4, -0.2) is 26.0 Å². The maximum atomic E-state index is 12.9. The fourth-order valence-corrected chi connectivity index (χ4v) is 3.51. The van der Waals surface area contributed by atoms with Crippen LogP contribution in [0.5, 0.6) is 0 Å². The van der Waals surface area contributed by atoms with Crippen LogP contribution in [-0.2, 0) is 18.9 Å². The maximum absolute atomic E-state index is 12.9. The Bertz CT molecular complexity index is 1120. The van der Waals surface area contributed by atoms with Crippen LogP contribution in [0.1, 0.15) is 41.3 Å². The Hall–Kier alpha value is -3.42. The lowest BCUT2D eigenvalue weighted by molar-refractivity contribution is -0.113.